The monoisotopic (exact) mass is 295 g/mol. The van der Waals surface area contributed by atoms with Crippen molar-refractivity contribution in [2.24, 2.45) is 11.8 Å². The minimum Gasteiger partial charge on any atom is -0.316 e. The molecule has 0 saturated carbocycles. The number of benzene rings is 1. The van der Waals surface area contributed by atoms with Gasteiger partial charge in [0, 0.05) is 4.47 Å². The van der Waals surface area contributed by atoms with Crippen LogP contribution >= 0.6 is 15.9 Å². The summed E-state index contributed by atoms with van der Waals surface area (Å²) >= 11 is 3.59. The predicted octanol–water partition coefficient (Wildman–Crippen LogP) is 4.11. The molecule has 2 atom stereocenters. The Labute approximate surface area is 113 Å². The first-order valence-corrected chi connectivity index (χ1v) is 7.35. The van der Waals surface area contributed by atoms with Gasteiger partial charge in [-0.25, -0.2) is 0 Å². The molecule has 0 spiro atoms. The minimum atomic E-state index is 0.725. The van der Waals surface area contributed by atoms with Gasteiger partial charge in [0.15, 0.2) is 0 Å². The lowest BCUT2D eigenvalue weighted by molar-refractivity contribution is 0.255. The molecule has 0 bridgehead atoms. The fourth-order valence-corrected chi connectivity index (χ4v) is 3.14. The van der Waals surface area contributed by atoms with Gasteiger partial charge in [-0.3, -0.25) is 0 Å². The first kappa shape index (κ1) is 13.1. The van der Waals surface area contributed by atoms with Crippen molar-refractivity contribution in [3.8, 4) is 0 Å². The molecule has 1 aliphatic heterocycles. The smallest absolute Gasteiger partial charge is 0.0204 e. The lowest BCUT2D eigenvalue weighted by Gasteiger charge is -2.35. The zero-order valence-electron chi connectivity index (χ0n) is 11.0. The van der Waals surface area contributed by atoms with Crippen LogP contribution in [0.3, 0.4) is 0 Å². The van der Waals surface area contributed by atoms with Gasteiger partial charge in [-0.05, 0) is 61.4 Å². The zero-order chi connectivity index (χ0) is 12.4. The standard InChI is InChI=1S/C15H22BrN/c1-10(2)14-9-17-7-6-13(14)12-4-5-15(16)11(3)8-12/h4-5,8,10,13-14,17H,6-7,9H2,1-3H3. The third kappa shape index (κ3) is 2.92. The van der Waals surface area contributed by atoms with E-state index in [9.17, 15) is 0 Å². The Morgan fingerprint density at radius 3 is 2.76 bits per heavy atom. The van der Waals surface area contributed by atoms with Crippen LogP contribution < -0.4 is 5.32 Å². The van der Waals surface area contributed by atoms with Crippen molar-refractivity contribution in [2.75, 3.05) is 13.1 Å². The second kappa shape index (κ2) is 5.53. The van der Waals surface area contributed by atoms with E-state index in [1.54, 1.807) is 0 Å². The maximum atomic E-state index is 3.59. The van der Waals surface area contributed by atoms with Crippen LogP contribution in [0.15, 0.2) is 22.7 Å². The van der Waals surface area contributed by atoms with E-state index < -0.39 is 0 Å². The van der Waals surface area contributed by atoms with Crippen LogP contribution in [0.1, 0.15) is 37.3 Å². The largest absolute Gasteiger partial charge is 0.316 e. The summed E-state index contributed by atoms with van der Waals surface area (Å²) in [6.45, 7) is 9.19. The Bertz CT molecular complexity index is 387. The summed E-state index contributed by atoms with van der Waals surface area (Å²) in [5.74, 6) is 2.24. The van der Waals surface area contributed by atoms with Gasteiger partial charge in [0.05, 0.1) is 0 Å². The van der Waals surface area contributed by atoms with Crippen molar-refractivity contribution in [2.45, 2.75) is 33.1 Å². The maximum absolute atomic E-state index is 3.59. The number of aryl methyl sites for hydroxylation is 1. The number of hydrogen-bond donors (Lipinski definition) is 1. The van der Waals surface area contributed by atoms with Crippen LogP contribution in [0.4, 0.5) is 0 Å². The molecule has 17 heavy (non-hydrogen) atoms. The topological polar surface area (TPSA) is 12.0 Å². The molecular weight excluding hydrogens is 274 g/mol. The highest BCUT2D eigenvalue weighted by molar-refractivity contribution is 9.10. The van der Waals surface area contributed by atoms with Gasteiger partial charge in [-0.1, -0.05) is 41.9 Å². The summed E-state index contributed by atoms with van der Waals surface area (Å²) in [4.78, 5) is 0. The Balaban J connectivity index is 2.26. The summed E-state index contributed by atoms with van der Waals surface area (Å²) in [7, 11) is 0. The molecule has 2 rings (SSSR count). The van der Waals surface area contributed by atoms with E-state index in [-0.39, 0.29) is 0 Å². The Kier molecular flexibility index (Phi) is 4.26. The quantitative estimate of drug-likeness (QED) is 0.866. The lowest BCUT2D eigenvalue weighted by atomic mass is 9.75. The van der Waals surface area contributed by atoms with Gasteiger partial charge in [0.1, 0.15) is 0 Å². The van der Waals surface area contributed by atoms with Crippen LogP contribution in [0.25, 0.3) is 0 Å². The normalized spacial score (nSPS) is 25.2. The van der Waals surface area contributed by atoms with E-state index in [0.29, 0.717) is 0 Å². The van der Waals surface area contributed by atoms with Gasteiger partial charge in [-0.15, -0.1) is 0 Å². The van der Waals surface area contributed by atoms with Crippen molar-refractivity contribution in [3.05, 3.63) is 33.8 Å². The van der Waals surface area contributed by atoms with Gasteiger partial charge in [0.2, 0.25) is 0 Å². The molecule has 1 N–H and O–H groups in total. The molecule has 1 aliphatic rings. The van der Waals surface area contributed by atoms with Crippen LogP contribution in [-0.4, -0.2) is 13.1 Å². The van der Waals surface area contributed by atoms with Crippen molar-refractivity contribution in [1.29, 1.82) is 0 Å². The minimum absolute atomic E-state index is 0.725. The first-order chi connectivity index (χ1) is 8.09. The summed E-state index contributed by atoms with van der Waals surface area (Å²) in [5, 5.41) is 3.53. The van der Waals surface area contributed by atoms with E-state index >= 15 is 0 Å². The zero-order valence-corrected chi connectivity index (χ0v) is 12.5. The molecule has 1 fully saturated rings. The van der Waals surface area contributed by atoms with Gasteiger partial charge >= 0.3 is 0 Å². The van der Waals surface area contributed by atoms with E-state index in [1.807, 2.05) is 0 Å². The van der Waals surface area contributed by atoms with Crippen LogP contribution in [0, 0.1) is 18.8 Å². The van der Waals surface area contributed by atoms with Gasteiger partial charge in [-0.2, -0.15) is 0 Å². The van der Waals surface area contributed by atoms with Crippen LogP contribution in [0.2, 0.25) is 0 Å². The predicted molar refractivity (Wildman–Crippen MR) is 77.4 cm³/mol. The van der Waals surface area contributed by atoms with Crippen molar-refractivity contribution >= 4 is 15.9 Å². The second-order valence-electron chi connectivity index (χ2n) is 5.52. The molecule has 2 unspecified atom stereocenters. The third-order valence-corrected chi connectivity index (χ3v) is 4.89. The van der Waals surface area contributed by atoms with E-state index in [1.165, 1.54) is 22.0 Å². The first-order valence-electron chi connectivity index (χ1n) is 6.56. The fraction of sp³-hybridized carbons (Fsp3) is 0.600. The van der Waals surface area contributed by atoms with Gasteiger partial charge in [0.25, 0.3) is 0 Å². The average molecular weight is 296 g/mol. The highest BCUT2D eigenvalue weighted by atomic mass is 79.9. The molecular formula is C15H22BrN. The Morgan fingerprint density at radius 1 is 1.35 bits per heavy atom. The van der Waals surface area contributed by atoms with Crippen molar-refractivity contribution < 1.29 is 0 Å². The third-order valence-electron chi connectivity index (χ3n) is 4.00. The second-order valence-corrected chi connectivity index (χ2v) is 6.37. The molecule has 1 aromatic rings. The van der Waals surface area contributed by atoms with Crippen molar-refractivity contribution in [3.63, 3.8) is 0 Å². The van der Waals surface area contributed by atoms with E-state index in [0.717, 1.165) is 30.8 Å². The highest BCUT2D eigenvalue weighted by Gasteiger charge is 2.28. The number of halogens is 1. The van der Waals surface area contributed by atoms with E-state index in [4.69, 9.17) is 0 Å². The van der Waals surface area contributed by atoms with Gasteiger partial charge < -0.3 is 5.32 Å². The summed E-state index contributed by atoms with van der Waals surface area (Å²) in [5.41, 5.74) is 2.87. The Morgan fingerprint density at radius 2 is 2.12 bits per heavy atom. The van der Waals surface area contributed by atoms with Crippen LogP contribution in [0.5, 0.6) is 0 Å². The SMILES string of the molecule is Cc1cc(C2CCNCC2C(C)C)ccc1Br. The molecule has 94 valence electrons. The molecule has 2 heteroatoms. The molecule has 1 saturated heterocycles. The van der Waals surface area contributed by atoms with E-state index in [2.05, 4.69) is 60.2 Å². The Hall–Kier alpha value is -0.340. The molecule has 0 amide bonds. The fourth-order valence-electron chi connectivity index (χ4n) is 2.90. The molecule has 1 heterocycles. The number of rotatable bonds is 2. The highest BCUT2D eigenvalue weighted by Crippen LogP contribution is 2.35. The molecule has 0 radical (unpaired) electrons. The molecule has 1 aromatic carbocycles. The maximum Gasteiger partial charge on any atom is 0.0204 e. The number of nitrogens with one attached hydrogen (secondary N) is 1. The van der Waals surface area contributed by atoms with Crippen LogP contribution in [-0.2, 0) is 0 Å². The summed E-state index contributed by atoms with van der Waals surface area (Å²) in [6.07, 6.45) is 1.27. The lowest BCUT2D eigenvalue weighted by Crippen LogP contribution is -2.38. The molecule has 0 aromatic heterocycles. The summed E-state index contributed by atoms with van der Waals surface area (Å²) < 4.78 is 1.22. The number of hydrogen-bond acceptors (Lipinski definition) is 1. The number of piperidine rings is 1. The summed E-state index contributed by atoms with van der Waals surface area (Å²) in [6, 6.07) is 6.85. The molecule has 1 nitrogen and oxygen atoms in total. The average Bonchev–Trinajstić information content (AvgIpc) is 2.32. The van der Waals surface area contributed by atoms with Crippen molar-refractivity contribution in [1.82, 2.24) is 5.32 Å². The molecule has 0 aliphatic carbocycles.